The first-order valence-corrected chi connectivity index (χ1v) is 6.61. The number of rotatable bonds is 4. The molecule has 16 heavy (non-hydrogen) atoms. The Morgan fingerprint density at radius 2 is 2.00 bits per heavy atom. The monoisotopic (exact) mass is 227 g/mol. The molecule has 0 spiro atoms. The highest BCUT2D eigenvalue weighted by atomic mass is 15.2. The molecule has 3 heteroatoms. The topological polar surface area (TPSA) is 32.5 Å². The third kappa shape index (κ3) is 4.04. The zero-order valence-corrected chi connectivity index (χ0v) is 11.5. The van der Waals surface area contributed by atoms with Crippen LogP contribution in [-0.4, -0.2) is 55.6 Å². The molecule has 1 fully saturated rings. The van der Waals surface area contributed by atoms with Crippen LogP contribution in [0.1, 0.15) is 33.6 Å². The Balaban J connectivity index is 2.67. The molecule has 0 aliphatic carbocycles. The van der Waals surface area contributed by atoms with E-state index in [0.717, 1.165) is 13.1 Å². The molecule has 1 aliphatic rings. The van der Waals surface area contributed by atoms with Crippen LogP contribution in [-0.2, 0) is 0 Å². The van der Waals surface area contributed by atoms with E-state index < -0.39 is 0 Å². The molecule has 0 aromatic carbocycles. The van der Waals surface area contributed by atoms with Crippen molar-refractivity contribution in [1.29, 1.82) is 0 Å². The summed E-state index contributed by atoms with van der Waals surface area (Å²) in [7, 11) is 2.22. The molecule has 1 unspecified atom stereocenters. The van der Waals surface area contributed by atoms with E-state index in [4.69, 9.17) is 5.73 Å². The highest BCUT2D eigenvalue weighted by Gasteiger charge is 2.31. The first kappa shape index (κ1) is 13.9. The average Bonchev–Trinajstić information content (AvgIpc) is 2.30. The summed E-state index contributed by atoms with van der Waals surface area (Å²) in [5, 5.41) is 0. The van der Waals surface area contributed by atoms with Crippen molar-refractivity contribution in [2.45, 2.75) is 39.7 Å². The van der Waals surface area contributed by atoms with E-state index in [2.05, 4.69) is 37.6 Å². The van der Waals surface area contributed by atoms with Gasteiger partial charge in [0.15, 0.2) is 0 Å². The highest BCUT2D eigenvalue weighted by Crippen LogP contribution is 2.23. The van der Waals surface area contributed by atoms with Crippen LogP contribution in [0.25, 0.3) is 0 Å². The minimum atomic E-state index is 0.381. The molecule has 1 aliphatic heterocycles. The summed E-state index contributed by atoms with van der Waals surface area (Å²) in [6.45, 7) is 12.4. The fourth-order valence-electron chi connectivity index (χ4n) is 2.85. The van der Waals surface area contributed by atoms with Crippen LogP contribution >= 0.6 is 0 Å². The lowest BCUT2D eigenvalue weighted by Gasteiger charge is -2.33. The van der Waals surface area contributed by atoms with Gasteiger partial charge in [-0.25, -0.2) is 0 Å². The summed E-state index contributed by atoms with van der Waals surface area (Å²) in [6.07, 6.45) is 2.56. The quantitative estimate of drug-likeness (QED) is 0.788. The Labute approximate surface area is 101 Å². The van der Waals surface area contributed by atoms with Gasteiger partial charge in [0.1, 0.15) is 0 Å². The van der Waals surface area contributed by atoms with Crippen LogP contribution in [0.2, 0.25) is 0 Å². The smallest absolute Gasteiger partial charge is 0.0345 e. The summed E-state index contributed by atoms with van der Waals surface area (Å²) >= 11 is 0. The van der Waals surface area contributed by atoms with Gasteiger partial charge in [0.25, 0.3) is 0 Å². The first-order valence-electron chi connectivity index (χ1n) is 6.61. The summed E-state index contributed by atoms with van der Waals surface area (Å²) in [5.41, 5.74) is 6.30. The van der Waals surface area contributed by atoms with Gasteiger partial charge in [-0.3, -0.25) is 4.90 Å². The van der Waals surface area contributed by atoms with Gasteiger partial charge in [0, 0.05) is 32.2 Å². The molecule has 2 N–H and O–H groups in total. The number of hydrogen-bond acceptors (Lipinski definition) is 3. The third-order valence-electron chi connectivity index (χ3n) is 3.44. The minimum absolute atomic E-state index is 0.381. The second-order valence-electron chi connectivity index (χ2n) is 6.07. The Hall–Kier alpha value is -0.120. The molecule has 96 valence electrons. The number of likely N-dealkylation sites (N-methyl/N-ethyl adjacent to an activating group) is 1. The predicted molar refractivity (Wildman–Crippen MR) is 70.6 cm³/mol. The second-order valence-corrected chi connectivity index (χ2v) is 6.07. The van der Waals surface area contributed by atoms with Gasteiger partial charge < -0.3 is 10.6 Å². The van der Waals surface area contributed by atoms with Crippen molar-refractivity contribution in [2.24, 2.45) is 11.1 Å². The molecule has 0 amide bonds. The summed E-state index contributed by atoms with van der Waals surface area (Å²) < 4.78 is 0. The minimum Gasteiger partial charge on any atom is -0.329 e. The highest BCUT2D eigenvalue weighted by molar-refractivity contribution is 4.87. The maximum Gasteiger partial charge on any atom is 0.0345 e. The second kappa shape index (κ2) is 5.99. The van der Waals surface area contributed by atoms with E-state index in [1.807, 2.05) is 0 Å². The van der Waals surface area contributed by atoms with Gasteiger partial charge in [0.05, 0.1) is 0 Å². The van der Waals surface area contributed by atoms with Crippen LogP contribution in [0.5, 0.6) is 0 Å². The molecule has 0 aromatic rings. The van der Waals surface area contributed by atoms with E-state index in [0.29, 0.717) is 11.5 Å². The fraction of sp³-hybridized carbons (Fsp3) is 1.00. The SMILES string of the molecule is CCCCN1CC(C)(C)CN(C)CC1CN. The normalized spacial score (nSPS) is 27.9. The first-order chi connectivity index (χ1) is 7.48. The van der Waals surface area contributed by atoms with E-state index in [-0.39, 0.29) is 0 Å². The average molecular weight is 227 g/mol. The predicted octanol–water partition coefficient (Wildman–Crippen LogP) is 1.39. The Kier molecular flexibility index (Phi) is 5.22. The molecule has 0 radical (unpaired) electrons. The van der Waals surface area contributed by atoms with Crippen molar-refractivity contribution < 1.29 is 0 Å². The zero-order valence-electron chi connectivity index (χ0n) is 11.5. The molecular weight excluding hydrogens is 198 g/mol. The zero-order chi connectivity index (χ0) is 12.2. The molecule has 1 atom stereocenters. The van der Waals surface area contributed by atoms with Crippen molar-refractivity contribution >= 4 is 0 Å². The van der Waals surface area contributed by atoms with Gasteiger partial charge in [0.2, 0.25) is 0 Å². The molecule has 1 saturated heterocycles. The van der Waals surface area contributed by atoms with Gasteiger partial charge in [-0.2, -0.15) is 0 Å². The maximum atomic E-state index is 5.92. The van der Waals surface area contributed by atoms with Crippen molar-refractivity contribution in [3.8, 4) is 0 Å². The number of unbranched alkanes of at least 4 members (excludes halogenated alkanes) is 1. The number of hydrogen-bond donors (Lipinski definition) is 1. The molecule has 1 rings (SSSR count). The van der Waals surface area contributed by atoms with Crippen LogP contribution in [0.4, 0.5) is 0 Å². The number of nitrogens with two attached hydrogens (primary N) is 1. The van der Waals surface area contributed by atoms with Crippen LogP contribution in [0, 0.1) is 5.41 Å². The van der Waals surface area contributed by atoms with Crippen LogP contribution < -0.4 is 5.73 Å². The van der Waals surface area contributed by atoms with Crippen LogP contribution in [0.15, 0.2) is 0 Å². The molecular formula is C13H29N3. The number of nitrogens with zero attached hydrogens (tertiary/aromatic N) is 2. The van der Waals surface area contributed by atoms with E-state index in [1.165, 1.54) is 32.5 Å². The van der Waals surface area contributed by atoms with Gasteiger partial charge in [-0.05, 0) is 25.4 Å². The standard InChI is InChI=1S/C13H29N3/c1-5-6-7-16-11-13(2,3)10-15(4)9-12(16)8-14/h12H,5-11,14H2,1-4H3. The maximum absolute atomic E-state index is 5.92. The van der Waals surface area contributed by atoms with E-state index >= 15 is 0 Å². The Morgan fingerprint density at radius 3 is 2.56 bits per heavy atom. The Bertz CT molecular complexity index is 203. The molecule has 1 heterocycles. The van der Waals surface area contributed by atoms with Crippen molar-refractivity contribution in [2.75, 3.05) is 39.8 Å². The van der Waals surface area contributed by atoms with Crippen molar-refractivity contribution in [3.05, 3.63) is 0 Å². The summed E-state index contributed by atoms with van der Waals surface area (Å²) in [5.74, 6) is 0. The lowest BCUT2D eigenvalue weighted by atomic mass is 9.92. The van der Waals surface area contributed by atoms with Crippen molar-refractivity contribution in [3.63, 3.8) is 0 Å². The lowest BCUT2D eigenvalue weighted by molar-refractivity contribution is 0.158. The van der Waals surface area contributed by atoms with Gasteiger partial charge >= 0.3 is 0 Å². The van der Waals surface area contributed by atoms with E-state index in [9.17, 15) is 0 Å². The molecule has 0 aromatic heterocycles. The summed E-state index contributed by atoms with van der Waals surface area (Å²) in [4.78, 5) is 5.04. The van der Waals surface area contributed by atoms with E-state index in [1.54, 1.807) is 0 Å². The largest absolute Gasteiger partial charge is 0.329 e. The van der Waals surface area contributed by atoms with Gasteiger partial charge in [-0.1, -0.05) is 27.2 Å². The van der Waals surface area contributed by atoms with Crippen LogP contribution in [0.3, 0.4) is 0 Å². The third-order valence-corrected chi connectivity index (χ3v) is 3.44. The van der Waals surface area contributed by atoms with Crippen molar-refractivity contribution in [1.82, 2.24) is 9.80 Å². The molecule has 3 nitrogen and oxygen atoms in total. The summed E-state index contributed by atoms with van der Waals surface area (Å²) in [6, 6.07) is 0.540. The fourth-order valence-corrected chi connectivity index (χ4v) is 2.85. The Morgan fingerprint density at radius 1 is 1.31 bits per heavy atom. The van der Waals surface area contributed by atoms with Gasteiger partial charge in [-0.15, -0.1) is 0 Å². The lowest BCUT2D eigenvalue weighted by Crippen LogP contribution is -2.46. The molecule has 0 saturated carbocycles. The molecule has 0 bridgehead atoms.